The summed E-state index contributed by atoms with van der Waals surface area (Å²) in [6, 6.07) is 11.7. The second-order valence-corrected chi connectivity index (χ2v) is 5.27. The number of hydrogen-bond donors (Lipinski definition) is 0. The Balaban J connectivity index is 2.12. The molecule has 106 valence electrons. The van der Waals surface area contributed by atoms with Crippen molar-refractivity contribution >= 4 is 5.78 Å². The maximum Gasteiger partial charge on any atom is 0.202 e. The molecule has 0 bridgehead atoms. The van der Waals surface area contributed by atoms with Gasteiger partial charge < -0.3 is 9.30 Å². The number of hydrogen-bond acceptors (Lipinski definition) is 2. The van der Waals surface area contributed by atoms with Crippen LogP contribution < -0.4 is 4.74 Å². The predicted molar refractivity (Wildman–Crippen MR) is 80.6 cm³/mol. The van der Waals surface area contributed by atoms with Gasteiger partial charge in [-0.15, -0.1) is 0 Å². The lowest BCUT2D eigenvalue weighted by Crippen LogP contribution is -2.13. The molecule has 2 aromatic rings. The van der Waals surface area contributed by atoms with Crippen LogP contribution in [0, 0.1) is 13.8 Å². The van der Waals surface area contributed by atoms with Gasteiger partial charge in [-0.25, -0.2) is 0 Å². The van der Waals surface area contributed by atoms with E-state index >= 15 is 0 Å². The summed E-state index contributed by atoms with van der Waals surface area (Å²) in [5.74, 6) is 0.743. The van der Waals surface area contributed by atoms with Gasteiger partial charge in [-0.1, -0.05) is 18.2 Å². The van der Waals surface area contributed by atoms with E-state index in [9.17, 15) is 4.79 Å². The van der Waals surface area contributed by atoms with E-state index in [0.29, 0.717) is 6.04 Å². The summed E-state index contributed by atoms with van der Waals surface area (Å²) in [7, 11) is 0. The fourth-order valence-electron chi connectivity index (χ4n) is 2.60. The number of aromatic nitrogens is 1. The molecule has 0 aliphatic heterocycles. The summed E-state index contributed by atoms with van der Waals surface area (Å²) in [6.45, 7) is 8.33. The van der Waals surface area contributed by atoms with Crippen molar-refractivity contribution in [2.45, 2.75) is 33.7 Å². The minimum Gasteiger partial charge on any atom is -0.485 e. The first-order valence-corrected chi connectivity index (χ1v) is 6.90. The molecule has 1 aromatic heterocycles. The van der Waals surface area contributed by atoms with Crippen LogP contribution in [0.15, 0.2) is 36.4 Å². The molecule has 0 unspecified atom stereocenters. The van der Waals surface area contributed by atoms with Crippen LogP contribution in [0.4, 0.5) is 0 Å². The number of Topliss-reactive ketones (excluding diaryl/α,β-unsaturated/α-hetero) is 1. The van der Waals surface area contributed by atoms with Gasteiger partial charge in [0, 0.05) is 23.0 Å². The van der Waals surface area contributed by atoms with Crippen molar-refractivity contribution in [1.29, 1.82) is 0 Å². The van der Waals surface area contributed by atoms with Crippen LogP contribution in [0.5, 0.6) is 5.75 Å². The van der Waals surface area contributed by atoms with Crippen LogP contribution in [-0.2, 0) is 0 Å². The Kier molecular flexibility index (Phi) is 4.28. The molecule has 20 heavy (non-hydrogen) atoms. The minimum absolute atomic E-state index is 0.0221. The predicted octanol–water partition coefficient (Wildman–Crippen LogP) is 3.95. The van der Waals surface area contributed by atoms with E-state index in [2.05, 4.69) is 18.4 Å². The third-order valence-electron chi connectivity index (χ3n) is 3.41. The van der Waals surface area contributed by atoms with Crippen LogP contribution in [0.2, 0.25) is 0 Å². The number of carbonyl (C=O) groups excluding carboxylic acids is 1. The number of ketones is 1. The molecule has 0 saturated carbocycles. The Hall–Kier alpha value is -2.03. The van der Waals surface area contributed by atoms with Crippen molar-refractivity contribution < 1.29 is 9.53 Å². The number of benzene rings is 1. The Morgan fingerprint density at radius 1 is 1.20 bits per heavy atom. The zero-order valence-corrected chi connectivity index (χ0v) is 12.5. The highest BCUT2D eigenvalue weighted by atomic mass is 16.5. The summed E-state index contributed by atoms with van der Waals surface area (Å²) < 4.78 is 7.70. The van der Waals surface area contributed by atoms with E-state index in [1.165, 1.54) is 0 Å². The lowest BCUT2D eigenvalue weighted by Gasteiger charge is -2.13. The first-order chi connectivity index (χ1) is 9.50. The zero-order chi connectivity index (χ0) is 14.7. The molecular weight excluding hydrogens is 250 g/mol. The molecule has 0 spiro atoms. The molecule has 1 aromatic carbocycles. The zero-order valence-electron chi connectivity index (χ0n) is 12.5. The maximum absolute atomic E-state index is 12.3. The Bertz CT molecular complexity index is 597. The fourth-order valence-corrected chi connectivity index (χ4v) is 2.60. The van der Waals surface area contributed by atoms with Crippen molar-refractivity contribution in [3.05, 3.63) is 53.3 Å². The highest BCUT2D eigenvalue weighted by Gasteiger charge is 2.17. The number of nitrogens with zero attached hydrogens (tertiary/aromatic N) is 1. The number of para-hydroxylation sites is 1. The van der Waals surface area contributed by atoms with Gasteiger partial charge in [-0.3, -0.25) is 4.79 Å². The highest BCUT2D eigenvalue weighted by Crippen LogP contribution is 2.21. The van der Waals surface area contributed by atoms with Crippen molar-refractivity contribution in [2.24, 2.45) is 0 Å². The van der Waals surface area contributed by atoms with Crippen molar-refractivity contribution in [2.75, 3.05) is 6.61 Å². The average molecular weight is 271 g/mol. The van der Waals surface area contributed by atoms with Crippen LogP contribution in [0.3, 0.4) is 0 Å². The fraction of sp³-hybridized carbons (Fsp3) is 0.353. The third kappa shape index (κ3) is 2.93. The van der Waals surface area contributed by atoms with Crippen molar-refractivity contribution in [3.8, 4) is 5.75 Å². The lowest BCUT2D eigenvalue weighted by atomic mass is 10.1. The smallest absolute Gasteiger partial charge is 0.202 e. The highest BCUT2D eigenvalue weighted by molar-refractivity contribution is 5.98. The number of carbonyl (C=O) groups is 1. The van der Waals surface area contributed by atoms with E-state index in [0.717, 1.165) is 22.7 Å². The SMILES string of the molecule is Cc1cc(C(=O)COc2ccccc2)c(C)n1C(C)C. The van der Waals surface area contributed by atoms with Crippen molar-refractivity contribution in [3.63, 3.8) is 0 Å². The monoisotopic (exact) mass is 271 g/mol. The first-order valence-electron chi connectivity index (χ1n) is 6.90. The van der Waals surface area contributed by atoms with E-state index in [-0.39, 0.29) is 12.4 Å². The van der Waals surface area contributed by atoms with E-state index in [1.807, 2.05) is 50.2 Å². The van der Waals surface area contributed by atoms with Gasteiger partial charge in [0.25, 0.3) is 0 Å². The van der Waals surface area contributed by atoms with Crippen LogP contribution in [0.25, 0.3) is 0 Å². The van der Waals surface area contributed by atoms with Crippen LogP contribution in [-0.4, -0.2) is 17.0 Å². The molecule has 0 N–H and O–H groups in total. The van der Waals surface area contributed by atoms with Gasteiger partial charge >= 0.3 is 0 Å². The van der Waals surface area contributed by atoms with E-state index in [1.54, 1.807) is 0 Å². The normalized spacial score (nSPS) is 10.8. The van der Waals surface area contributed by atoms with Gasteiger partial charge in [0.05, 0.1) is 0 Å². The molecular formula is C17H21NO2. The van der Waals surface area contributed by atoms with Crippen molar-refractivity contribution in [1.82, 2.24) is 4.57 Å². The molecule has 1 heterocycles. The molecule has 0 radical (unpaired) electrons. The second-order valence-electron chi connectivity index (χ2n) is 5.27. The van der Waals surface area contributed by atoms with Gasteiger partial charge in [0.2, 0.25) is 5.78 Å². The maximum atomic E-state index is 12.3. The second kappa shape index (κ2) is 5.95. The van der Waals surface area contributed by atoms with Gasteiger partial charge in [-0.2, -0.15) is 0 Å². The molecule has 2 rings (SSSR count). The molecule has 0 saturated heterocycles. The summed E-state index contributed by atoms with van der Waals surface area (Å²) >= 11 is 0. The standard InChI is InChI=1S/C17H21NO2/c1-12(2)18-13(3)10-16(14(18)4)17(19)11-20-15-8-6-5-7-9-15/h5-10,12H,11H2,1-4H3. The van der Waals surface area contributed by atoms with Crippen LogP contribution in [0.1, 0.15) is 41.6 Å². The van der Waals surface area contributed by atoms with Gasteiger partial charge in [-0.05, 0) is 45.9 Å². The number of rotatable bonds is 5. The Morgan fingerprint density at radius 3 is 2.40 bits per heavy atom. The first kappa shape index (κ1) is 14.4. The Labute approximate surface area is 120 Å². The molecule has 3 nitrogen and oxygen atoms in total. The summed E-state index contributed by atoms with van der Waals surface area (Å²) in [5.41, 5.74) is 2.88. The summed E-state index contributed by atoms with van der Waals surface area (Å²) in [5, 5.41) is 0. The molecule has 0 amide bonds. The van der Waals surface area contributed by atoms with Gasteiger partial charge in [0.15, 0.2) is 6.61 Å². The quantitative estimate of drug-likeness (QED) is 0.771. The molecule has 0 aliphatic rings. The topological polar surface area (TPSA) is 31.2 Å². The largest absolute Gasteiger partial charge is 0.485 e. The third-order valence-corrected chi connectivity index (χ3v) is 3.41. The molecule has 0 atom stereocenters. The van der Waals surface area contributed by atoms with E-state index in [4.69, 9.17) is 4.74 Å². The number of ether oxygens (including phenoxy) is 1. The Morgan fingerprint density at radius 2 is 1.85 bits per heavy atom. The summed E-state index contributed by atoms with van der Waals surface area (Å²) in [6.07, 6.45) is 0. The van der Waals surface area contributed by atoms with Crippen LogP contribution >= 0.6 is 0 Å². The minimum atomic E-state index is 0.0221. The van der Waals surface area contributed by atoms with Gasteiger partial charge in [0.1, 0.15) is 5.75 Å². The van der Waals surface area contributed by atoms with E-state index < -0.39 is 0 Å². The molecule has 0 aliphatic carbocycles. The molecule has 3 heteroatoms. The molecule has 0 fully saturated rings. The average Bonchev–Trinajstić information content (AvgIpc) is 2.72. The lowest BCUT2D eigenvalue weighted by molar-refractivity contribution is 0.0920. The summed E-state index contributed by atoms with van der Waals surface area (Å²) in [4.78, 5) is 12.3. The number of aryl methyl sites for hydroxylation is 1.